The maximum Gasteiger partial charge on any atom is 0.433 e. The molecule has 6 rings (SSSR count). The van der Waals surface area contributed by atoms with Crippen LogP contribution in [0.2, 0.25) is 5.02 Å². The molecule has 5 aromatic heterocycles. The first-order valence-corrected chi connectivity index (χ1v) is 11.9. The minimum absolute atomic E-state index is 0.0977. The van der Waals surface area contributed by atoms with Crippen LogP contribution in [0.4, 0.5) is 13.2 Å². The van der Waals surface area contributed by atoms with Crippen LogP contribution in [-0.2, 0) is 12.7 Å². The Balaban J connectivity index is 1.48. The molecule has 6 aromatic rings. The van der Waals surface area contributed by atoms with Gasteiger partial charge in [-0.3, -0.25) is 4.98 Å². The largest absolute Gasteiger partial charge is 0.433 e. The fraction of sp³-hybridized carbons (Fsp3) is 0.0769. The molecule has 0 spiro atoms. The summed E-state index contributed by atoms with van der Waals surface area (Å²) in [5.74, 6) is 0.597. The number of hydrogen-bond acceptors (Lipinski definition) is 6. The first-order chi connectivity index (χ1) is 18.8. The number of rotatable bonds is 5. The molecular weight excluding hydrogens is 533 g/mol. The number of benzene rings is 1. The van der Waals surface area contributed by atoms with Gasteiger partial charge in [-0.15, -0.1) is 5.10 Å². The molecule has 0 aliphatic carbocycles. The summed E-state index contributed by atoms with van der Waals surface area (Å²) in [6.45, 7) is -0.0977. The zero-order chi connectivity index (χ0) is 27.1. The van der Waals surface area contributed by atoms with Crippen molar-refractivity contribution in [2.24, 2.45) is 0 Å². The van der Waals surface area contributed by atoms with Gasteiger partial charge in [0.15, 0.2) is 11.5 Å². The Kier molecular flexibility index (Phi) is 5.95. The fourth-order valence-electron chi connectivity index (χ4n) is 4.13. The highest BCUT2D eigenvalue weighted by Crippen LogP contribution is 2.34. The molecule has 194 valence electrons. The van der Waals surface area contributed by atoms with Gasteiger partial charge in [-0.1, -0.05) is 29.8 Å². The molecule has 0 atom stereocenters. The van der Waals surface area contributed by atoms with Crippen LogP contribution >= 0.6 is 11.6 Å². The number of hydrogen-bond donors (Lipinski definition) is 0. The van der Waals surface area contributed by atoms with Crippen LogP contribution in [0.15, 0.2) is 90.4 Å². The van der Waals surface area contributed by atoms with E-state index in [0.29, 0.717) is 33.1 Å². The van der Waals surface area contributed by atoms with Crippen LogP contribution < -0.4 is 5.69 Å². The number of pyridine rings is 2. The van der Waals surface area contributed by atoms with Crippen molar-refractivity contribution in [3.05, 3.63) is 112 Å². The van der Waals surface area contributed by atoms with Crippen LogP contribution in [0, 0.1) is 0 Å². The second-order valence-electron chi connectivity index (χ2n) is 8.52. The topological polar surface area (TPSA) is 95.8 Å². The summed E-state index contributed by atoms with van der Waals surface area (Å²) < 4.78 is 42.6. The summed E-state index contributed by atoms with van der Waals surface area (Å²) in [6, 6.07) is 14.7. The van der Waals surface area contributed by atoms with E-state index >= 15 is 0 Å². The van der Waals surface area contributed by atoms with Gasteiger partial charge < -0.3 is 0 Å². The molecule has 9 nitrogen and oxygen atoms in total. The van der Waals surface area contributed by atoms with E-state index in [1.54, 1.807) is 53.7 Å². The Morgan fingerprint density at radius 1 is 0.872 bits per heavy atom. The van der Waals surface area contributed by atoms with E-state index in [1.165, 1.54) is 6.07 Å². The first kappa shape index (κ1) is 24.5. The number of alkyl halides is 3. The molecule has 0 N–H and O–H groups in total. The summed E-state index contributed by atoms with van der Waals surface area (Å²) in [7, 11) is 0. The van der Waals surface area contributed by atoms with Gasteiger partial charge in [-0.2, -0.15) is 27.9 Å². The molecule has 0 unspecified atom stereocenters. The lowest BCUT2D eigenvalue weighted by Gasteiger charge is -2.11. The highest BCUT2D eigenvalue weighted by molar-refractivity contribution is 6.30. The predicted molar refractivity (Wildman–Crippen MR) is 136 cm³/mol. The molecule has 0 aliphatic rings. The Bertz CT molecular complexity index is 1830. The minimum atomic E-state index is -4.56. The van der Waals surface area contributed by atoms with Crippen molar-refractivity contribution < 1.29 is 13.2 Å². The molecule has 5 heterocycles. The van der Waals surface area contributed by atoms with Crippen LogP contribution in [0.3, 0.4) is 0 Å². The predicted octanol–water partition coefficient (Wildman–Crippen LogP) is 4.92. The Hall–Kier alpha value is -4.84. The van der Waals surface area contributed by atoms with E-state index in [0.717, 1.165) is 27.0 Å². The lowest BCUT2D eigenvalue weighted by atomic mass is 9.98. The van der Waals surface area contributed by atoms with Crippen molar-refractivity contribution in [3.8, 4) is 28.1 Å². The third-order valence-corrected chi connectivity index (χ3v) is 6.24. The third kappa shape index (κ3) is 4.66. The quantitative estimate of drug-likeness (QED) is 0.303. The van der Waals surface area contributed by atoms with Crippen LogP contribution in [-0.4, -0.2) is 39.1 Å². The first-order valence-electron chi connectivity index (χ1n) is 11.5. The Morgan fingerprint density at radius 2 is 1.67 bits per heavy atom. The van der Waals surface area contributed by atoms with E-state index in [9.17, 15) is 18.0 Å². The number of halogens is 4. The zero-order valence-corrected chi connectivity index (χ0v) is 20.5. The molecule has 0 amide bonds. The van der Waals surface area contributed by atoms with Crippen LogP contribution in [0.1, 0.15) is 11.3 Å². The van der Waals surface area contributed by atoms with Gasteiger partial charge in [0, 0.05) is 46.5 Å². The highest BCUT2D eigenvalue weighted by atomic mass is 35.5. The molecule has 13 heteroatoms. The highest BCUT2D eigenvalue weighted by Gasteiger charge is 2.32. The molecule has 1 aromatic carbocycles. The van der Waals surface area contributed by atoms with Crippen molar-refractivity contribution in [1.29, 1.82) is 0 Å². The number of fused-ring (bicyclic) bond motifs is 1. The second-order valence-corrected chi connectivity index (χ2v) is 8.96. The Morgan fingerprint density at radius 3 is 2.31 bits per heavy atom. The van der Waals surface area contributed by atoms with Crippen molar-refractivity contribution in [1.82, 2.24) is 39.1 Å². The number of aromatic nitrogens is 8. The average molecular weight is 549 g/mol. The van der Waals surface area contributed by atoms with Crippen LogP contribution in [0.25, 0.3) is 33.7 Å². The third-order valence-electron chi connectivity index (χ3n) is 5.99. The summed E-state index contributed by atoms with van der Waals surface area (Å²) in [5, 5.41) is 13.6. The molecule has 0 aliphatic heterocycles. The molecule has 39 heavy (non-hydrogen) atoms. The van der Waals surface area contributed by atoms with Crippen molar-refractivity contribution in [2.45, 2.75) is 12.7 Å². The average Bonchev–Trinajstić information content (AvgIpc) is 3.58. The molecule has 0 radical (unpaired) electrons. The van der Waals surface area contributed by atoms with Gasteiger partial charge in [0.1, 0.15) is 5.69 Å². The summed E-state index contributed by atoms with van der Waals surface area (Å²) >= 11 is 6.09. The van der Waals surface area contributed by atoms with E-state index < -0.39 is 17.6 Å². The van der Waals surface area contributed by atoms with Crippen molar-refractivity contribution >= 4 is 17.2 Å². The van der Waals surface area contributed by atoms with Crippen LogP contribution in [0.5, 0.6) is 0 Å². The minimum Gasteiger partial charge on any atom is -0.251 e. The molecule has 0 saturated heterocycles. The maximum absolute atomic E-state index is 13.2. The van der Waals surface area contributed by atoms with Gasteiger partial charge in [0.05, 0.1) is 12.7 Å². The second kappa shape index (κ2) is 9.48. The molecule has 0 saturated carbocycles. The molecule has 0 fully saturated rings. The fourth-order valence-corrected chi connectivity index (χ4v) is 4.25. The number of nitrogens with zero attached hydrogens (tertiary/aromatic N) is 8. The zero-order valence-electron chi connectivity index (χ0n) is 19.8. The standard InChI is InChI=1S/C26H16ClF3N8O/c27-19-6-3-17(4-7-19)20-14-34-38-24(23(20)18-5-9-22(32-13-18)36-11-1-10-33-36)35-37(25(38)39)15-16-2-8-21(31-12-16)26(28,29)30/h1-14H,15H2. The van der Waals surface area contributed by atoms with E-state index in [4.69, 9.17) is 11.6 Å². The van der Waals surface area contributed by atoms with Gasteiger partial charge in [0.2, 0.25) is 0 Å². The maximum atomic E-state index is 13.2. The molecule has 0 bridgehead atoms. The lowest BCUT2D eigenvalue weighted by Crippen LogP contribution is -2.23. The smallest absolute Gasteiger partial charge is 0.251 e. The Labute approximate surface area is 222 Å². The van der Waals surface area contributed by atoms with Gasteiger partial charge in [-0.25, -0.2) is 19.1 Å². The van der Waals surface area contributed by atoms with E-state index in [2.05, 4.69) is 25.3 Å². The van der Waals surface area contributed by atoms with E-state index in [-0.39, 0.29) is 12.2 Å². The summed E-state index contributed by atoms with van der Waals surface area (Å²) in [5.41, 5.74) is 1.77. The molecular formula is C26H16ClF3N8O. The van der Waals surface area contributed by atoms with Gasteiger partial charge in [-0.05, 0) is 47.5 Å². The lowest BCUT2D eigenvalue weighted by molar-refractivity contribution is -0.141. The van der Waals surface area contributed by atoms with Crippen molar-refractivity contribution in [2.75, 3.05) is 0 Å². The summed E-state index contributed by atoms with van der Waals surface area (Å²) in [6.07, 6.45) is 3.13. The summed E-state index contributed by atoms with van der Waals surface area (Å²) in [4.78, 5) is 21.2. The van der Waals surface area contributed by atoms with Gasteiger partial charge in [0.25, 0.3) is 0 Å². The SMILES string of the molecule is O=c1n(Cc2ccc(C(F)(F)F)nc2)nc2c(-c3ccc(-n4cccn4)nc3)c(-c3ccc(Cl)cc3)cnn12. The van der Waals surface area contributed by atoms with Gasteiger partial charge >= 0.3 is 11.9 Å². The normalized spacial score (nSPS) is 11.8. The van der Waals surface area contributed by atoms with E-state index in [1.807, 2.05) is 18.2 Å². The van der Waals surface area contributed by atoms with Crippen molar-refractivity contribution in [3.63, 3.8) is 0 Å². The monoisotopic (exact) mass is 548 g/mol.